The Morgan fingerprint density at radius 2 is 2.00 bits per heavy atom. The molecule has 19 heavy (non-hydrogen) atoms. The molecule has 98 valence electrons. The molecular formula is C13H11BrClN3O. The number of aryl methyl sites for hydroxylation is 2. The number of nitrogens with one attached hydrogen (secondary N) is 1. The summed E-state index contributed by atoms with van der Waals surface area (Å²) in [5.41, 5.74) is 2.46. The highest BCUT2D eigenvalue weighted by Crippen LogP contribution is 2.26. The van der Waals surface area contributed by atoms with Gasteiger partial charge in [-0.1, -0.05) is 11.6 Å². The molecule has 0 bridgehead atoms. The van der Waals surface area contributed by atoms with Crippen molar-refractivity contribution < 1.29 is 4.79 Å². The minimum Gasteiger partial charge on any atom is -0.321 e. The fourth-order valence-corrected chi connectivity index (χ4v) is 2.34. The van der Waals surface area contributed by atoms with Gasteiger partial charge in [0.05, 0.1) is 22.6 Å². The summed E-state index contributed by atoms with van der Waals surface area (Å²) in [4.78, 5) is 12.2. The number of carbonyl (C=O) groups excluding carboxylic acids is 1. The molecule has 1 N–H and O–H groups in total. The molecule has 2 aromatic rings. The number of hydrogen-bond acceptors (Lipinski definition) is 3. The molecule has 2 rings (SSSR count). The van der Waals surface area contributed by atoms with Crippen molar-refractivity contribution in [1.29, 1.82) is 0 Å². The van der Waals surface area contributed by atoms with Crippen LogP contribution in [0.5, 0.6) is 0 Å². The third-order valence-corrected chi connectivity index (χ3v) is 3.42. The van der Waals surface area contributed by atoms with Crippen molar-refractivity contribution in [2.45, 2.75) is 13.8 Å². The van der Waals surface area contributed by atoms with Crippen LogP contribution in [0.1, 0.15) is 21.7 Å². The zero-order valence-electron chi connectivity index (χ0n) is 10.4. The van der Waals surface area contributed by atoms with E-state index in [1.165, 1.54) is 0 Å². The highest BCUT2D eigenvalue weighted by molar-refractivity contribution is 9.10. The van der Waals surface area contributed by atoms with Gasteiger partial charge in [-0.15, -0.1) is 0 Å². The van der Waals surface area contributed by atoms with Crippen LogP contribution in [0, 0.1) is 13.8 Å². The van der Waals surface area contributed by atoms with Crippen molar-refractivity contribution in [3.05, 3.63) is 50.7 Å². The first-order valence-corrected chi connectivity index (χ1v) is 6.72. The summed E-state index contributed by atoms with van der Waals surface area (Å²) >= 11 is 9.21. The van der Waals surface area contributed by atoms with Gasteiger partial charge in [0.15, 0.2) is 0 Å². The lowest BCUT2D eigenvalue weighted by Gasteiger charge is -2.09. The zero-order valence-corrected chi connectivity index (χ0v) is 12.7. The van der Waals surface area contributed by atoms with E-state index in [4.69, 9.17) is 11.6 Å². The highest BCUT2D eigenvalue weighted by atomic mass is 79.9. The first-order valence-electron chi connectivity index (χ1n) is 5.54. The van der Waals surface area contributed by atoms with E-state index in [0.29, 0.717) is 27.7 Å². The van der Waals surface area contributed by atoms with Gasteiger partial charge in [-0.05, 0) is 54.0 Å². The Hall–Kier alpha value is -1.46. The summed E-state index contributed by atoms with van der Waals surface area (Å²) in [6.07, 6.45) is 0. The van der Waals surface area contributed by atoms with Crippen LogP contribution in [0.4, 0.5) is 5.69 Å². The molecular weight excluding hydrogens is 330 g/mol. The van der Waals surface area contributed by atoms with Crippen LogP contribution in [0.15, 0.2) is 28.7 Å². The highest BCUT2D eigenvalue weighted by Gasteiger charge is 2.12. The third-order valence-electron chi connectivity index (χ3n) is 2.52. The lowest BCUT2D eigenvalue weighted by molar-refractivity contribution is 0.102. The fourth-order valence-electron chi connectivity index (χ4n) is 1.56. The first kappa shape index (κ1) is 14.0. The summed E-state index contributed by atoms with van der Waals surface area (Å²) in [6.45, 7) is 3.54. The van der Waals surface area contributed by atoms with E-state index in [0.717, 1.165) is 4.47 Å². The molecule has 6 heteroatoms. The Morgan fingerprint density at radius 3 is 2.68 bits per heavy atom. The van der Waals surface area contributed by atoms with Crippen molar-refractivity contribution >= 4 is 39.1 Å². The summed E-state index contributed by atoms with van der Waals surface area (Å²) in [5.74, 6) is -0.224. The van der Waals surface area contributed by atoms with Gasteiger partial charge in [0.2, 0.25) is 0 Å². The molecule has 0 unspecified atom stereocenters. The zero-order chi connectivity index (χ0) is 14.0. The standard InChI is InChI=1S/C13H11BrClN3O/c1-7-5-10(8(2)18-17-7)13(19)16-12-4-3-9(15)6-11(12)14/h3-6H,1-2H3,(H,16,19). The van der Waals surface area contributed by atoms with Crippen molar-refractivity contribution in [3.8, 4) is 0 Å². The van der Waals surface area contributed by atoms with Crippen LogP contribution in [-0.2, 0) is 0 Å². The molecule has 0 spiro atoms. The molecule has 0 saturated carbocycles. The Balaban J connectivity index is 2.28. The van der Waals surface area contributed by atoms with Gasteiger partial charge in [0.1, 0.15) is 0 Å². The number of rotatable bonds is 2. The van der Waals surface area contributed by atoms with Gasteiger partial charge in [-0.3, -0.25) is 4.79 Å². The molecule has 0 radical (unpaired) electrons. The topological polar surface area (TPSA) is 54.9 Å². The average molecular weight is 341 g/mol. The lowest BCUT2D eigenvalue weighted by Crippen LogP contribution is -2.15. The predicted molar refractivity (Wildman–Crippen MR) is 78.6 cm³/mol. The Labute approximate surface area is 124 Å². The lowest BCUT2D eigenvalue weighted by atomic mass is 10.2. The second-order valence-electron chi connectivity index (χ2n) is 4.06. The quantitative estimate of drug-likeness (QED) is 0.905. The fraction of sp³-hybridized carbons (Fsp3) is 0.154. The summed E-state index contributed by atoms with van der Waals surface area (Å²) in [5, 5.41) is 11.2. The van der Waals surface area contributed by atoms with Crippen molar-refractivity contribution in [2.75, 3.05) is 5.32 Å². The minimum atomic E-state index is -0.224. The number of aromatic nitrogens is 2. The van der Waals surface area contributed by atoms with E-state index in [1.54, 1.807) is 38.1 Å². The van der Waals surface area contributed by atoms with Gasteiger partial charge in [-0.25, -0.2) is 0 Å². The van der Waals surface area contributed by atoms with Crippen LogP contribution in [0.2, 0.25) is 5.02 Å². The van der Waals surface area contributed by atoms with Crippen molar-refractivity contribution in [2.24, 2.45) is 0 Å². The van der Waals surface area contributed by atoms with E-state index in [1.807, 2.05) is 0 Å². The molecule has 0 saturated heterocycles. The second kappa shape index (κ2) is 5.67. The number of benzene rings is 1. The summed E-state index contributed by atoms with van der Waals surface area (Å²) in [7, 11) is 0. The molecule has 0 fully saturated rings. The smallest absolute Gasteiger partial charge is 0.257 e. The number of amides is 1. The number of hydrogen-bond donors (Lipinski definition) is 1. The van der Waals surface area contributed by atoms with Crippen LogP contribution in [-0.4, -0.2) is 16.1 Å². The summed E-state index contributed by atoms with van der Waals surface area (Å²) < 4.78 is 0.727. The largest absolute Gasteiger partial charge is 0.321 e. The van der Waals surface area contributed by atoms with E-state index < -0.39 is 0 Å². The normalized spacial score (nSPS) is 10.3. The Bertz CT molecular complexity index is 646. The van der Waals surface area contributed by atoms with Crippen LogP contribution >= 0.6 is 27.5 Å². The number of halogens is 2. The van der Waals surface area contributed by atoms with E-state index in [-0.39, 0.29) is 5.91 Å². The summed E-state index contributed by atoms with van der Waals surface area (Å²) in [6, 6.07) is 6.88. The maximum absolute atomic E-state index is 12.2. The maximum Gasteiger partial charge on any atom is 0.257 e. The maximum atomic E-state index is 12.2. The van der Waals surface area contributed by atoms with Crippen LogP contribution in [0.25, 0.3) is 0 Å². The third kappa shape index (κ3) is 3.30. The van der Waals surface area contributed by atoms with Gasteiger partial charge >= 0.3 is 0 Å². The molecule has 0 atom stereocenters. The molecule has 4 nitrogen and oxygen atoms in total. The van der Waals surface area contributed by atoms with E-state index in [2.05, 4.69) is 31.4 Å². The van der Waals surface area contributed by atoms with Gasteiger partial charge in [0.25, 0.3) is 5.91 Å². The number of anilines is 1. The molecule has 1 aromatic heterocycles. The van der Waals surface area contributed by atoms with Gasteiger partial charge in [0, 0.05) is 9.50 Å². The van der Waals surface area contributed by atoms with Crippen LogP contribution in [0.3, 0.4) is 0 Å². The SMILES string of the molecule is Cc1cc(C(=O)Nc2ccc(Cl)cc2Br)c(C)nn1. The van der Waals surface area contributed by atoms with E-state index >= 15 is 0 Å². The van der Waals surface area contributed by atoms with Gasteiger partial charge in [-0.2, -0.15) is 10.2 Å². The molecule has 1 amide bonds. The van der Waals surface area contributed by atoms with E-state index in [9.17, 15) is 4.79 Å². The van der Waals surface area contributed by atoms with Crippen molar-refractivity contribution in [1.82, 2.24) is 10.2 Å². The van der Waals surface area contributed by atoms with Crippen molar-refractivity contribution in [3.63, 3.8) is 0 Å². The number of nitrogens with zero attached hydrogens (tertiary/aromatic N) is 2. The molecule has 0 aliphatic carbocycles. The predicted octanol–water partition coefficient (Wildman–Crippen LogP) is 3.76. The Morgan fingerprint density at radius 1 is 1.26 bits per heavy atom. The average Bonchev–Trinajstić information content (AvgIpc) is 2.35. The monoisotopic (exact) mass is 339 g/mol. The molecule has 0 aliphatic heterocycles. The number of carbonyl (C=O) groups is 1. The second-order valence-corrected chi connectivity index (χ2v) is 5.35. The Kier molecular flexibility index (Phi) is 4.17. The molecule has 1 heterocycles. The first-order chi connectivity index (χ1) is 8.97. The molecule has 1 aromatic carbocycles. The van der Waals surface area contributed by atoms with Gasteiger partial charge < -0.3 is 5.32 Å². The minimum absolute atomic E-state index is 0.224. The van der Waals surface area contributed by atoms with Crippen LogP contribution < -0.4 is 5.32 Å². The molecule has 0 aliphatic rings.